The zero-order chi connectivity index (χ0) is 9.40. The molecule has 0 aliphatic carbocycles. The van der Waals surface area contributed by atoms with Crippen molar-refractivity contribution in [2.45, 2.75) is 45.9 Å². The lowest BCUT2D eigenvalue weighted by Crippen LogP contribution is -2.22. The monoisotopic (exact) mass is 175 g/mol. The Bertz CT molecular complexity index is 90.5. The molecule has 0 rings (SSSR count). The van der Waals surface area contributed by atoms with E-state index in [1.165, 1.54) is 0 Å². The molecule has 74 valence electrons. The molecule has 0 heterocycles. The fourth-order valence-corrected chi connectivity index (χ4v) is 0.986. The highest BCUT2D eigenvalue weighted by atomic mass is 16.7. The van der Waals surface area contributed by atoms with Crippen LogP contribution in [0.15, 0.2) is 0 Å². The molecule has 12 heavy (non-hydrogen) atoms. The molecule has 3 heteroatoms. The molecule has 0 bridgehead atoms. The van der Waals surface area contributed by atoms with Gasteiger partial charge in [0.2, 0.25) is 0 Å². The van der Waals surface area contributed by atoms with Crippen LogP contribution >= 0.6 is 0 Å². The van der Waals surface area contributed by atoms with Gasteiger partial charge in [0, 0.05) is 19.3 Å². The Morgan fingerprint density at radius 1 is 1.08 bits per heavy atom. The molecule has 0 radical (unpaired) electrons. The van der Waals surface area contributed by atoms with E-state index in [1.54, 1.807) is 0 Å². The van der Waals surface area contributed by atoms with Gasteiger partial charge in [0.25, 0.3) is 0 Å². The molecule has 0 saturated heterocycles. The van der Waals surface area contributed by atoms with Crippen LogP contribution in [0.2, 0.25) is 0 Å². The highest BCUT2D eigenvalue weighted by Crippen LogP contribution is 2.05. The van der Waals surface area contributed by atoms with Gasteiger partial charge in [-0.15, -0.1) is 0 Å². The Morgan fingerprint density at radius 2 is 1.58 bits per heavy atom. The summed E-state index contributed by atoms with van der Waals surface area (Å²) in [5.74, 6) is 0. The highest BCUT2D eigenvalue weighted by Gasteiger charge is 2.08. The first-order valence-electron chi connectivity index (χ1n) is 4.69. The number of ether oxygens (including phenoxy) is 2. The SMILES string of the molecule is CCOC(CC[C@H](C)N)OCC. The maximum Gasteiger partial charge on any atom is 0.157 e. The maximum absolute atomic E-state index is 5.62. The van der Waals surface area contributed by atoms with Gasteiger partial charge in [0.1, 0.15) is 0 Å². The van der Waals surface area contributed by atoms with Gasteiger partial charge < -0.3 is 15.2 Å². The van der Waals surface area contributed by atoms with Crippen LogP contribution in [0.5, 0.6) is 0 Å². The van der Waals surface area contributed by atoms with Gasteiger partial charge in [0.15, 0.2) is 6.29 Å². The first kappa shape index (κ1) is 11.9. The minimum absolute atomic E-state index is 0.0639. The topological polar surface area (TPSA) is 44.5 Å². The van der Waals surface area contributed by atoms with Gasteiger partial charge in [0.05, 0.1) is 0 Å². The zero-order valence-electron chi connectivity index (χ0n) is 8.38. The lowest BCUT2D eigenvalue weighted by atomic mass is 10.2. The first-order valence-corrected chi connectivity index (χ1v) is 4.69. The average Bonchev–Trinajstić information content (AvgIpc) is 2.01. The van der Waals surface area contributed by atoms with E-state index in [0.29, 0.717) is 13.2 Å². The Hall–Kier alpha value is -0.120. The maximum atomic E-state index is 5.62. The van der Waals surface area contributed by atoms with Crippen LogP contribution in [-0.4, -0.2) is 25.5 Å². The zero-order valence-corrected chi connectivity index (χ0v) is 8.38. The lowest BCUT2D eigenvalue weighted by Gasteiger charge is -2.17. The molecular weight excluding hydrogens is 154 g/mol. The Balaban J connectivity index is 3.48. The molecule has 0 amide bonds. The normalized spacial score (nSPS) is 13.8. The molecule has 0 aromatic carbocycles. The van der Waals surface area contributed by atoms with Crippen LogP contribution in [0, 0.1) is 0 Å². The van der Waals surface area contributed by atoms with Gasteiger partial charge in [-0.05, 0) is 33.6 Å². The summed E-state index contributed by atoms with van der Waals surface area (Å²) in [7, 11) is 0. The predicted octanol–water partition coefficient (Wildman–Crippen LogP) is 1.51. The predicted molar refractivity (Wildman–Crippen MR) is 49.9 cm³/mol. The minimum Gasteiger partial charge on any atom is -0.353 e. The smallest absolute Gasteiger partial charge is 0.157 e. The Morgan fingerprint density at radius 3 is 1.92 bits per heavy atom. The second-order valence-electron chi connectivity index (χ2n) is 2.89. The third kappa shape index (κ3) is 6.58. The van der Waals surface area contributed by atoms with Crippen molar-refractivity contribution < 1.29 is 9.47 Å². The standard InChI is InChI=1S/C9H21NO2/c1-4-11-9(12-5-2)7-6-8(3)10/h8-9H,4-7,10H2,1-3H3/t8-/m0/s1. The number of rotatable bonds is 7. The van der Waals surface area contributed by atoms with Crippen molar-refractivity contribution in [1.29, 1.82) is 0 Å². The van der Waals surface area contributed by atoms with E-state index in [9.17, 15) is 0 Å². The van der Waals surface area contributed by atoms with Crippen LogP contribution in [0.1, 0.15) is 33.6 Å². The summed E-state index contributed by atoms with van der Waals surface area (Å²) in [5.41, 5.74) is 5.62. The van der Waals surface area contributed by atoms with E-state index >= 15 is 0 Å². The largest absolute Gasteiger partial charge is 0.353 e. The van der Waals surface area contributed by atoms with Crippen LogP contribution in [0.25, 0.3) is 0 Å². The molecule has 0 aromatic heterocycles. The third-order valence-electron chi connectivity index (χ3n) is 1.56. The minimum atomic E-state index is -0.0639. The van der Waals surface area contributed by atoms with E-state index in [-0.39, 0.29) is 12.3 Å². The van der Waals surface area contributed by atoms with Gasteiger partial charge in [-0.2, -0.15) is 0 Å². The van der Waals surface area contributed by atoms with E-state index in [4.69, 9.17) is 15.2 Å². The van der Waals surface area contributed by atoms with Crippen LogP contribution in [0.3, 0.4) is 0 Å². The molecule has 0 fully saturated rings. The molecule has 0 saturated carbocycles. The van der Waals surface area contributed by atoms with E-state index in [2.05, 4.69) is 0 Å². The van der Waals surface area contributed by atoms with Gasteiger partial charge in [-0.25, -0.2) is 0 Å². The fraction of sp³-hybridized carbons (Fsp3) is 1.00. The summed E-state index contributed by atoms with van der Waals surface area (Å²) in [6, 6.07) is 0.230. The van der Waals surface area contributed by atoms with Crippen molar-refractivity contribution in [2.75, 3.05) is 13.2 Å². The lowest BCUT2D eigenvalue weighted by molar-refractivity contribution is -0.140. The molecule has 0 aliphatic rings. The van der Waals surface area contributed by atoms with Crippen molar-refractivity contribution in [3.63, 3.8) is 0 Å². The fourth-order valence-electron chi connectivity index (χ4n) is 0.986. The van der Waals surface area contributed by atoms with Gasteiger partial charge in [-0.1, -0.05) is 0 Å². The van der Waals surface area contributed by atoms with Crippen molar-refractivity contribution in [3.8, 4) is 0 Å². The van der Waals surface area contributed by atoms with E-state index in [1.807, 2.05) is 20.8 Å². The number of hydrogen-bond donors (Lipinski definition) is 1. The van der Waals surface area contributed by atoms with Gasteiger partial charge in [-0.3, -0.25) is 0 Å². The summed E-state index contributed by atoms with van der Waals surface area (Å²) in [5, 5.41) is 0. The molecule has 0 spiro atoms. The first-order chi connectivity index (χ1) is 5.70. The van der Waals surface area contributed by atoms with Gasteiger partial charge >= 0.3 is 0 Å². The molecule has 0 unspecified atom stereocenters. The quantitative estimate of drug-likeness (QED) is 0.596. The van der Waals surface area contributed by atoms with Crippen LogP contribution in [-0.2, 0) is 9.47 Å². The number of hydrogen-bond acceptors (Lipinski definition) is 3. The number of nitrogens with two attached hydrogens (primary N) is 1. The van der Waals surface area contributed by atoms with E-state index in [0.717, 1.165) is 12.8 Å². The van der Waals surface area contributed by atoms with Crippen molar-refractivity contribution in [2.24, 2.45) is 5.73 Å². The van der Waals surface area contributed by atoms with Crippen LogP contribution in [0.4, 0.5) is 0 Å². The molecular formula is C9H21NO2. The Labute approximate surface area is 75.2 Å². The second kappa shape index (κ2) is 7.53. The van der Waals surface area contributed by atoms with Crippen molar-refractivity contribution in [1.82, 2.24) is 0 Å². The molecule has 2 N–H and O–H groups in total. The van der Waals surface area contributed by atoms with E-state index < -0.39 is 0 Å². The summed E-state index contributed by atoms with van der Waals surface area (Å²) in [6.07, 6.45) is 1.77. The molecule has 3 nitrogen and oxygen atoms in total. The third-order valence-corrected chi connectivity index (χ3v) is 1.56. The van der Waals surface area contributed by atoms with Crippen molar-refractivity contribution >= 4 is 0 Å². The van der Waals surface area contributed by atoms with Crippen LogP contribution < -0.4 is 5.73 Å². The molecule has 0 aromatic rings. The molecule has 1 atom stereocenters. The second-order valence-corrected chi connectivity index (χ2v) is 2.89. The average molecular weight is 175 g/mol. The Kier molecular flexibility index (Phi) is 7.45. The summed E-state index contributed by atoms with van der Waals surface area (Å²) >= 11 is 0. The summed E-state index contributed by atoms with van der Waals surface area (Å²) in [6.45, 7) is 7.33. The highest BCUT2D eigenvalue weighted by molar-refractivity contribution is 4.55. The summed E-state index contributed by atoms with van der Waals surface area (Å²) in [4.78, 5) is 0. The summed E-state index contributed by atoms with van der Waals surface area (Å²) < 4.78 is 10.7. The van der Waals surface area contributed by atoms with Crippen molar-refractivity contribution in [3.05, 3.63) is 0 Å². The molecule has 0 aliphatic heterocycles.